The number of ether oxygens (including phenoxy) is 1. The zero-order valence-corrected chi connectivity index (χ0v) is 12.1. The van der Waals surface area contributed by atoms with Crippen LogP contribution in [0.1, 0.15) is 32.0 Å². The second-order valence-corrected chi connectivity index (χ2v) is 6.28. The fourth-order valence-corrected chi connectivity index (χ4v) is 3.03. The predicted octanol–water partition coefficient (Wildman–Crippen LogP) is 1.69. The summed E-state index contributed by atoms with van der Waals surface area (Å²) in [4.78, 5) is 7.33. The number of rotatable bonds is 1. The third kappa shape index (κ3) is 2.35. The van der Waals surface area contributed by atoms with Crippen LogP contribution in [-0.2, 0) is 16.7 Å². The molecular weight excluding hydrogens is 238 g/mol. The third-order valence-electron chi connectivity index (χ3n) is 4.15. The summed E-state index contributed by atoms with van der Waals surface area (Å²) in [5.74, 6) is 1.10. The van der Waals surface area contributed by atoms with E-state index >= 15 is 0 Å². The molecule has 0 amide bonds. The van der Waals surface area contributed by atoms with Crippen molar-refractivity contribution in [1.82, 2.24) is 10.3 Å². The van der Waals surface area contributed by atoms with Crippen LogP contribution in [-0.4, -0.2) is 37.3 Å². The lowest BCUT2D eigenvalue weighted by atomic mass is 9.83. The zero-order valence-electron chi connectivity index (χ0n) is 12.1. The molecular formula is C15H23N3O. The SMILES string of the molecule is C[C@@H]1COCCN1c1ccc2c(n1)C(C)(C)CNC2. The fraction of sp³-hybridized carbons (Fsp3) is 0.667. The summed E-state index contributed by atoms with van der Waals surface area (Å²) in [6.07, 6.45) is 0. The maximum absolute atomic E-state index is 5.51. The number of hydrogen-bond acceptors (Lipinski definition) is 4. The van der Waals surface area contributed by atoms with Crippen LogP contribution in [0, 0.1) is 0 Å². The third-order valence-corrected chi connectivity index (χ3v) is 4.15. The minimum atomic E-state index is 0.110. The highest BCUT2D eigenvalue weighted by Gasteiger charge is 2.30. The molecule has 2 aliphatic heterocycles. The Balaban J connectivity index is 1.96. The van der Waals surface area contributed by atoms with E-state index in [-0.39, 0.29) is 5.41 Å². The highest BCUT2D eigenvalue weighted by molar-refractivity contribution is 5.45. The largest absolute Gasteiger partial charge is 0.377 e. The predicted molar refractivity (Wildman–Crippen MR) is 76.6 cm³/mol. The first kappa shape index (κ1) is 12.9. The number of anilines is 1. The van der Waals surface area contributed by atoms with Gasteiger partial charge in [-0.2, -0.15) is 0 Å². The van der Waals surface area contributed by atoms with E-state index in [1.807, 2.05) is 0 Å². The molecule has 104 valence electrons. The summed E-state index contributed by atoms with van der Waals surface area (Å²) in [7, 11) is 0. The van der Waals surface area contributed by atoms with Crippen LogP contribution < -0.4 is 10.2 Å². The van der Waals surface area contributed by atoms with Gasteiger partial charge in [0, 0.05) is 25.0 Å². The maximum atomic E-state index is 5.51. The van der Waals surface area contributed by atoms with Crippen LogP contribution in [0.25, 0.3) is 0 Å². The molecule has 3 rings (SSSR count). The lowest BCUT2D eigenvalue weighted by Crippen LogP contribution is -2.45. The van der Waals surface area contributed by atoms with Crippen LogP contribution in [0.4, 0.5) is 5.82 Å². The van der Waals surface area contributed by atoms with Gasteiger partial charge in [-0.25, -0.2) is 4.98 Å². The molecule has 0 aliphatic carbocycles. The molecule has 1 atom stereocenters. The summed E-state index contributed by atoms with van der Waals surface area (Å²) >= 11 is 0. The van der Waals surface area contributed by atoms with E-state index in [4.69, 9.17) is 9.72 Å². The summed E-state index contributed by atoms with van der Waals surface area (Å²) in [5, 5.41) is 3.47. The minimum absolute atomic E-state index is 0.110. The first-order chi connectivity index (χ1) is 9.08. The van der Waals surface area contributed by atoms with E-state index in [9.17, 15) is 0 Å². The van der Waals surface area contributed by atoms with Crippen molar-refractivity contribution in [2.24, 2.45) is 0 Å². The highest BCUT2D eigenvalue weighted by atomic mass is 16.5. The number of hydrogen-bond donors (Lipinski definition) is 1. The van der Waals surface area contributed by atoms with Crippen molar-refractivity contribution < 1.29 is 4.74 Å². The smallest absolute Gasteiger partial charge is 0.129 e. The van der Waals surface area contributed by atoms with E-state index in [0.29, 0.717) is 6.04 Å². The Morgan fingerprint density at radius 1 is 1.42 bits per heavy atom. The van der Waals surface area contributed by atoms with Gasteiger partial charge in [-0.05, 0) is 18.6 Å². The molecule has 3 heterocycles. The second kappa shape index (κ2) is 4.76. The van der Waals surface area contributed by atoms with Crippen molar-refractivity contribution in [3.05, 3.63) is 23.4 Å². The molecule has 2 aliphatic rings. The summed E-state index contributed by atoms with van der Waals surface area (Å²) < 4.78 is 5.51. The number of fused-ring (bicyclic) bond motifs is 1. The van der Waals surface area contributed by atoms with E-state index in [1.165, 1.54) is 11.3 Å². The Kier molecular flexibility index (Phi) is 3.23. The van der Waals surface area contributed by atoms with E-state index in [2.05, 4.69) is 43.1 Å². The van der Waals surface area contributed by atoms with Crippen molar-refractivity contribution >= 4 is 5.82 Å². The molecule has 1 fully saturated rings. The van der Waals surface area contributed by atoms with E-state index in [1.54, 1.807) is 0 Å². The normalized spacial score (nSPS) is 26.1. The summed E-state index contributed by atoms with van der Waals surface area (Å²) in [5.41, 5.74) is 2.70. The molecule has 0 radical (unpaired) electrons. The molecule has 4 heteroatoms. The Labute approximate surface area is 115 Å². The van der Waals surface area contributed by atoms with Gasteiger partial charge in [-0.1, -0.05) is 19.9 Å². The Morgan fingerprint density at radius 2 is 2.26 bits per heavy atom. The van der Waals surface area contributed by atoms with Gasteiger partial charge in [0.05, 0.1) is 24.9 Å². The lowest BCUT2D eigenvalue weighted by molar-refractivity contribution is 0.0985. The van der Waals surface area contributed by atoms with Crippen LogP contribution in [0.2, 0.25) is 0 Å². The van der Waals surface area contributed by atoms with Gasteiger partial charge in [0.25, 0.3) is 0 Å². The maximum Gasteiger partial charge on any atom is 0.129 e. The lowest BCUT2D eigenvalue weighted by Gasteiger charge is -2.37. The van der Waals surface area contributed by atoms with Crippen molar-refractivity contribution in [3.8, 4) is 0 Å². The monoisotopic (exact) mass is 261 g/mol. The number of nitrogens with zero attached hydrogens (tertiary/aromatic N) is 2. The molecule has 0 aromatic carbocycles. The van der Waals surface area contributed by atoms with Crippen LogP contribution in [0.15, 0.2) is 12.1 Å². The molecule has 1 aromatic rings. The van der Waals surface area contributed by atoms with E-state index in [0.717, 1.165) is 38.7 Å². The van der Waals surface area contributed by atoms with Gasteiger partial charge in [0.2, 0.25) is 0 Å². The molecule has 1 N–H and O–H groups in total. The van der Waals surface area contributed by atoms with Crippen molar-refractivity contribution in [2.45, 2.75) is 38.8 Å². The second-order valence-electron chi connectivity index (χ2n) is 6.28. The van der Waals surface area contributed by atoms with Crippen molar-refractivity contribution in [3.63, 3.8) is 0 Å². The summed E-state index contributed by atoms with van der Waals surface area (Å²) in [6, 6.07) is 4.79. The number of nitrogens with one attached hydrogen (secondary N) is 1. The molecule has 0 unspecified atom stereocenters. The van der Waals surface area contributed by atoms with Gasteiger partial charge in [0.15, 0.2) is 0 Å². The fourth-order valence-electron chi connectivity index (χ4n) is 3.03. The standard InChI is InChI=1S/C15H23N3O/c1-11-9-19-7-6-18(11)13-5-4-12-8-16-10-15(2,3)14(12)17-13/h4-5,11,16H,6-10H2,1-3H3/t11-/m1/s1. The molecule has 4 nitrogen and oxygen atoms in total. The molecule has 1 saturated heterocycles. The van der Waals surface area contributed by atoms with Crippen molar-refractivity contribution in [2.75, 3.05) is 31.2 Å². The summed E-state index contributed by atoms with van der Waals surface area (Å²) in [6.45, 7) is 11.2. The zero-order chi connectivity index (χ0) is 13.5. The molecule has 0 saturated carbocycles. The number of morpholine rings is 1. The van der Waals surface area contributed by atoms with Crippen molar-refractivity contribution in [1.29, 1.82) is 0 Å². The van der Waals surface area contributed by atoms with Gasteiger partial charge in [-0.3, -0.25) is 0 Å². The molecule has 0 bridgehead atoms. The molecule has 19 heavy (non-hydrogen) atoms. The van der Waals surface area contributed by atoms with E-state index < -0.39 is 0 Å². The Morgan fingerprint density at radius 3 is 3.05 bits per heavy atom. The first-order valence-corrected chi connectivity index (χ1v) is 7.13. The van der Waals surface area contributed by atoms with Gasteiger partial charge < -0.3 is 15.0 Å². The van der Waals surface area contributed by atoms with Gasteiger partial charge in [-0.15, -0.1) is 0 Å². The quantitative estimate of drug-likeness (QED) is 0.835. The average Bonchev–Trinajstić information content (AvgIpc) is 2.39. The average molecular weight is 261 g/mol. The molecule has 1 aromatic heterocycles. The number of aromatic nitrogens is 1. The van der Waals surface area contributed by atoms with Gasteiger partial charge >= 0.3 is 0 Å². The molecule has 0 spiro atoms. The highest BCUT2D eigenvalue weighted by Crippen LogP contribution is 2.30. The van der Waals surface area contributed by atoms with Crippen LogP contribution in [0.3, 0.4) is 0 Å². The van der Waals surface area contributed by atoms with Crippen LogP contribution >= 0.6 is 0 Å². The Hall–Kier alpha value is -1.13. The topological polar surface area (TPSA) is 37.4 Å². The first-order valence-electron chi connectivity index (χ1n) is 7.13. The number of pyridine rings is 1. The van der Waals surface area contributed by atoms with Crippen LogP contribution in [0.5, 0.6) is 0 Å². The minimum Gasteiger partial charge on any atom is -0.377 e. The Bertz CT molecular complexity index is 472. The van der Waals surface area contributed by atoms with Gasteiger partial charge in [0.1, 0.15) is 5.82 Å².